The lowest BCUT2D eigenvalue weighted by atomic mass is 9.98. The molecule has 0 spiro atoms. The summed E-state index contributed by atoms with van der Waals surface area (Å²) in [5.74, 6) is 0. The third-order valence-electron chi connectivity index (χ3n) is 4.09. The van der Waals surface area contributed by atoms with E-state index in [9.17, 15) is 18.3 Å². The summed E-state index contributed by atoms with van der Waals surface area (Å²) >= 11 is 0. The van der Waals surface area contributed by atoms with Crippen molar-refractivity contribution in [3.63, 3.8) is 0 Å². The quantitative estimate of drug-likeness (QED) is 0.844. The highest BCUT2D eigenvalue weighted by Crippen LogP contribution is 2.30. The molecular weight excluding hydrogens is 319 g/mol. The molecule has 0 aliphatic heterocycles. The summed E-state index contributed by atoms with van der Waals surface area (Å²) < 4.78 is 39.6. The number of hydrogen-bond donors (Lipinski definition) is 2. The number of aliphatic hydroxyl groups is 1. The van der Waals surface area contributed by atoms with E-state index < -0.39 is 17.8 Å². The first kappa shape index (κ1) is 18.5. The van der Waals surface area contributed by atoms with Gasteiger partial charge in [0.05, 0.1) is 17.9 Å². The number of rotatable bonds is 6. The van der Waals surface area contributed by atoms with E-state index in [2.05, 4.69) is 10.4 Å². The molecule has 0 radical (unpaired) electrons. The van der Waals surface area contributed by atoms with Crippen LogP contribution in [0.5, 0.6) is 0 Å². The minimum absolute atomic E-state index is 0.0345. The second-order valence-corrected chi connectivity index (χ2v) is 5.92. The number of halogens is 3. The molecule has 3 atom stereocenters. The molecule has 2 rings (SSSR count). The van der Waals surface area contributed by atoms with Gasteiger partial charge >= 0.3 is 6.18 Å². The van der Waals surface area contributed by atoms with Gasteiger partial charge in [0.2, 0.25) is 0 Å². The maximum absolute atomic E-state index is 12.6. The molecular formula is C17H22F3N3O. The molecule has 2 N–H and O–H groups in total. The summed E-state index contributed by atoms with van der Waals surface area (Å²) in [4.78, 5) is 0. The number of hydrogen-bond acceptors (Lipinski definition) is 3. The minimum atomic E-state index is -4.37. The molecule has 2 aromatic rings. The van der Waals surface area contributed by atoms with Crippen LogP contribution in [0.3, 0.4) is 0 Å². The van der Waals surface area contributed by atoms with E-state index >= 15 is 0 Å². The Hall–Kier alpha value is -1.86. The maximum atomic E-state index is 12.6. The van der Waals surface area contributed by atoms with Gasteiger partial charge in [-0.1, -0.05) is 19.1 Å². The van der Waals surface area contributed by atoms with Gasteiger partial charge in [0.15, 0.2) is 0 Å². The summed E-state index contributed by atoms with van der Waals surface area (Å²) in [5, 5.41) is 17.9. The van der Waals surface area contributed by atoms with Crippen molar-refractivity contribution >= 4 is 0 Å². The Morgan fingerprint density at radius 1 is 1.21 bits per heavy atom. The van der Waals surface area contributed by atoms with Crippen LogP contribution >= 0.6 is 0 Å². The van der Waals surface area contributed by atoms with Crippen molar-refractivity contribution in [2.75, 3.05) is 0 Å². The Balaban J connectivity index is 2.09. The third kappa shape index (κ3) is 4.36. The van der Waals surface area contributed by atoms with Gasteiger partial charge in [-0.2, -0.15) is 18.3 Å². The molecule has 132 valence electrons. The molecule has 0 bridgehead atoms. The second-order valence-electron chi connectivity index (χ2n) is 5.92. The van der Waals surface area contributed by atoms with Crippen molar-refractivity contribution in [1.29, 1.82) is 0 Å². The Bertz CT molecular complexity index is 652. The molecule has 0 saturated carbocycles. The summed E-state index contributed by atoms with van der Waals surface area (Å²) in [6.07, 6.45) is -1.01. The Labute approximate surface area is 139 Å². The van der Waals surface area contributed by atoms with Crippen LogP contribution in [-0.4, -0.2) is 20.9 Å². The summed E-state index contributed by atoms with van der Waals surface area (Å²) in [6, 6.07) is 4.33. The van der Waals surface area contributed by atoms with Crippen LogP contribution in [0.25, 0.3) is 0 Å². The molecule has 0 aliphatic carbocycles. The molecule has 7 heteroatoms. The van der Waals surface area contributed by atoms with Crippen molar-refractivity contribution < 1.29 is 18.3 Å². The van der Waals surface area contributed by atoms with Gasteiger partial charge in [0.25, 0.3) is 0 Å². The van der Waals surface area contributed by atoms with Gasteiger partial charge in [-0.25, -0.2) is 0 Å². The van der Waals surface area contributed by atoms with Crippen LogP contribution < -0.4 is 5.32 Å². The lowest BCUT2D eigenvalue weighted by molar-refractivity contribution is -0.137. The molecule has 0 amide bonds. The van der Waals surface area contributed by atoms with E-state index in [1.165, 1.54) is 12.1 Å². The third-order valence-corrected chi connectivity index (χ3v) is 4.09. The number of aromatic nitrogens is 2. The minimum Gasteiger partial charge on any atom is -0.387 e. The Morgan fingerprint density at radius 3 is 2.29 bits per heavy atom. The van der Waals surface area contributed by atoms with Crippen molar-refractivity contribution in [2.24, 2.45) is 7.05 Å². The average Bonchev–Trinajstić information content (AvgIpc) is 2.97. The van der Waals surface area contributed by atoms with Gasteiger partial charge in [-0.3, -0.25) is 4.68 Å². The molecule has 0 fully saturated rings. The number of aliphatic hydroxyl groups excluding tert-OH is 1. The average molecular weight is 341 g/mol. The van der Waals surface area contributed by atoms with Crippen molar-refractivity contribution in [3.8, 4) is 0 Å². The molecule has 4 nitrogen and oxygen atoms in total. The van der Waals surface area contributed by atoms with Crippen molar-refractivity contribution in [1.82, 2.24) is 15.1 Å². The maximum Gasteiger partial charge on any atom is 0.416 e. The van der Waals surface area contributed by atoms with Crippen LogP contribution in [0.4, 0.5) is 13.2 Å². The molecule has 0 saturated heterocycles. The van der Waals surface area contributed by atoms with E-state index in [0.717, 1.165) is 17.7 Å². The molecule has 1 aromatic carbocycles. The fourth-order valence-corrected chi connectivity index (χ4v) is 2.61. The predicted octanol–water partition coefficient (Wildman–Crippen LogP) is 3.60. The SMILES string of the molecule is CCC(NC(C)c1cnn(C)c1)C(O)c1ccc(C(F)(F)F)cc1. The van der Waals surface area contributed by atoms with E-state index in [1.54, 1.807) is 10.9 Å². The smallest absolute Gasteiger partial charge is 0.387 e. The number of aryl methyl sites for hydroxylation is 1. The van der Waals surface area contributed by atoms with Gasteiger partial charge < -0.3 is 10.4 Å². The zero-order valence-corrected chi connectivity index (χ0v) is 13.9. The van der Waals surface area contributed by atoms with E-state index in [4.69, 9.17) is 0 Å². The van der Waals surface area contributed by atoms with Crippen LogP contribution in [0, 0.1) is 0 Å². The molecule has 0 aliphatic rings. The second kappa shape index (κ2) is 7.36. The zero-order chi connectivity index (χ0) is 17.9. The Kier molecular flexibility index (Phi) is 5.66. The normalized spacial score (nSPS) is 16.0. The zero-order valence-electron chi connectivity index (χ0n) is 13.9. The van der Waals surface area contributed by atoms with Gasteiger partial charge in [0.1, 0.15) is 0 Å². The topological polar surface area (TPSA) is 50.1 Å². The fourth-order valence-electron chi connectivity index (χ4n) is 2.61. The van der Waals surface area contributed by atoms with Crippen molar-refractivity contribution in [3.05, 3.63) is 53.3 Å². The highest BCUT2D eigenvalue weighted by Gasteiger charge is 2.30. The lowest BCUT2D eigenvalue weighted by Crippen LogP contribution is -2.36. The monoisotopic (exact) mass is 341 g/mol. The first-order chi connectivity index (χ1) is 11.2. The molecule has 1 aromatic heterocycles. The molecule has 3 unspecified atom stereocenters. The van der Waals surface area contributed by atoms with Crippen LogP contribution in [0.15, 0.2) is 36.7 Å². The van der Waals surface area contributed by atoms with Gasteiger partial charge in [0, 0.05) is 30.9 Å². The largest absolute Gasteiger partial charge is 0.416 e. The van der Waals surface area contributed by atoms with E-state index in [-0.39, 0.29) is 12.1 Å². The van der Waals surface area contributed by atoms with E-state index in [1.807, 2.05) is 27.1 Å². The standard InChI is InChI=1S/C17H22F3N3O/c1-4-15(22-11(2)13-9-21-23(3)10-13)16(24)12-5-7-14(8-6-12)17(18,19)20/h5-11,15-16,22,24H,4H2,1-3H3. The first-order valence-corrected chi connectivity index (χ1v) is 7.82. The number of benzene rings is 1. The predicted molar refractivity (Wildman–Crippen MR) is 85.2 cm³/mol. The summed E-state index contributed by atoms with van der Waals surface area (Å²) in [6.45, 7) is 3.88. The molecule has 1 heterocycles. The number of nitrogens with one attached hydrogen (secondary N) is 1. The first-order valence-electron chi connectivity index (χ1n) is 7.82. The lowest BCUT2D eigenvalue weighted by Gasteiger charge is -2.27. The van der Waals surface area contributed by atoms with Crippen LogP contribution in [-0.2, 0) is 13.2 Å². The number of nitrogens with zero attached hydrogens (tertiary/aromatic N) is 2. The number of alkyl halides is 3. The molecule has 24 heavy (non-hydrogen) atoms. The van der Waals surface area contributed by atoms with Gasteiger partial charge in [-0.05, 0) is 31.0 Å². The summed E-state index contributed by atoms with van der Waals surface area (Å²) in [5.41, 5.74) is 0.722. The Morgan fingerprint density at radius 2 is 1.83 bits per heavy atom. The van der Waals surface area contributed by atoms with Crippen molar-refractivity contribution in [2.45, 2.75) is 44.6 Å². The van der Waals surface area contributed by atoms with Crippen LogP contribution in [0.2, 0.25) is 0 Å². The summed E-state index contributed by atoms with van der Waals surface area (Å²) in [7, 11) is 1.82. The van der Waals surface area contributed by atoms with Gasteiger partial charge in [-0.15, -0.1) is 0 Å². The fraction of sp³-hybridized carbons (Fsp3) is 0.471. The highest BCUT2D eigenvalue weighted by atomic mass is 19.4. The van der Waals surface area contributed by atoms with E-state index in [0.29, 0.717) is 12.0 Å². The van der Waals surface area contributed by atoms with Crippen LogP contribution in [0.1, 0.15) is 49.1 Å². The highest BCUT2D eigenvalue weighted by molar-refractivity contribution is 5.27.